The van der Waals surface area contributed by atoms with Gasteiger partial charge in [-0.15, -0.1) is 0 Å². The first kappa shape index (κ1) is 13.2. The highest BCUT2D eigenvalue weighted by molar-refractivity contribution is 9.10. The Balaban J connectivity index is 1.76. The summed E-state index contributed by atoms with van der Waals surface area (Å²) in [5, 5.41) is 3.84. The number of benzene rings is 1. The molecule has 1 N–H and O–H groups in total. The number of rotatable bonds is 5. The molecule has 0 aliphatic rings. The normalized spacial score (nSPS) is 10.1. The summed E-state index contributed by atoms with van der Waals surface area (Å²) >= 11 is 9.23. The standard InChI is InChI=1S/C13H12BrClN2O/c14-10-2-1-3-12(6-10)17-4-5-18-13-7-11(15)8-16-9-13/h1-3,6-9,17H,4-5H2. The Bertz CT molecular complexity index is 474. The number of halogens is 2. The van der Waals surface area contributed by atoms with Gasteiger partial charge in [0, 0.05) is 29.0 Å². The maximum atomic E-state index is 5.81. The minimum Gasteiger partial charge on any atom is -0.490 e. The lowest BCUT2D eigenvalue weighted by Crippen LogP contribution is -2.11. The average Bonchev–Trinajstić information content (AvgIpc) is 2.35. The van der Waals surface area contributed by atoms with E-state index in [1.807, 2.05) is 24.3 Å². The highest BCUT2D eigenvalue weighted by Crippen LogP contribution is 2.16. The minimum atomic E-state index is 0.550. The van der Waals surface area contributed by atoms with Gasteiger partial charge in [0.1, 0.15) is 12.4 Å². The first-order valence-corrected chi connectivity index (χ1v) is 6.64. The number of hydrogen-bond acceptors (Lipinski definition) is 3. The molecule has 18 heavy (non-hydrogen) atoms. The molecule has 0 atom stereocenters. The maximum absolute atomic E-state index is 5.81. The molecule has 0 bridgehead atoms. The van der Waals surface area contributed by atoms with Crippen molar-refractivity contribution in [2.24, 2.45) is 0 Å². The van der Waals surface area contributed by atoms with Gasteiger partial charge in [-0.05, 0) is 18.2 Å². The van der Waals surface area contributed by atoms with Gasteiger partial charge in [0.25, 0.3) is 0 Å². The van der Waals surface area contributed by atoms with Crippen molar-refractivity contribution in [1.82, 2.24) is 4.98 Å². The number of anilines is 1. The second-order valence-electron chi connectivity index (χ2n) is 3.62. The Morgan fingerprint density at radius 3 is 2.94 bits per heavy atom. The van der Waals surface area contributed by atoms with Crippen LogP contribution >= 0.6 is 27.5 Å². The summed E-state index contributed by atoms with van der Waals surface area (Å²) in [5.74, 6) is 0.679. The third-order valence-electron chi connectivity index (χ3n) is 2.20. The Labute approximate surface area is 119 Å². The summed E-state index contributed by atoms with van der Waals surface area (Å²) < 4.78 is 6.57. The van der Waals surface area contributed by atoms with E-state index < -0.39 is 0 Å². The predicted octanol–water partition coefficient (Wildman–Crippen LogP) is 3.99. The molecule has 0 amide bonds. The van der Waals surface area contributed by atoms with Crippen molar-refractivity contribution in [3.63, 3.8) is 0 Å². The monoisotopic (exact) mass is 326 g/mol. The zero-order valence-electron chi connectivity index (χ0n) is 9.57. The molecular weight excluding hydrogens is 316 g/mol. The number of pyridine rings is 1. The summed E-state index contributed by atoms with van der Waals surface area (Å²) in [6.45, 7) is 1.26. The van der Waals surface area contributed by atoms with Crippen LogP contribution in [0.3, 0.4) is 0 Å². The van der Waals surface area contributed by atoms with Crippen molar-refractivity contribution in [2.45, 2.75) is 0 Å². The van der Waals surface area contributed by atoms with E-state index in [9.17, 15) is 0 Å². The maximum Gasteiger partial charge on any atom is 0.139 e. The molecule has 0 spiro atoms. The first-order chi connectivity index (χ1) is 8.74. The van der Waals surface area contributed by atoms with Gasteiger partial charge < -0.3 is 10.1 Å². The highest BCUT2D eigenvalue weighted by Gasteiger charge is 1.96. The quantitative estimate of drug-likeness (QED) is 0.843. The van der Waals surface area contributed by atoms with Crippen LogP contribution in [0.4, 0.5) is 5.69 Å². The molecule has 0 radical (unpaired) electrons. The number of aromatic nitrogens is 1. The predicted molar refractivity (Wildman–Crippen MR) is 77.4 cm³/mol. The number of nitrogens with zero attached hydrogens (tertiary/aromatic N) is 1. The molecule has 5 heteroatoms. The average molecular weight is 328 g/mol. The van der Waals surface area contributed by atoms with Gasteiger partial charge >= 0.3 is 0 Å². The van der Waals surface area contributed by atoms with Gasteiger partial charge in [0.05, 0.1) is 11.2 Å². The molecule has 0 unspecified atom stereocenters. The van der Waals surface area contributed by atoms with Crippen LogP contribution in [0.1, 0.15) is 0 Å². The van der Waals surface area contributed by atoms with E-state index in [-0.39, 0.29) is 0 Å². The fraction of sp³-hybridized carbons (Fsp3) is 0.154. The molecule has 0 aliphatic heterocycles. The molecule has 3 nitrogen and oxygen atoms in total. The van der Waals surface area contributed by atoms with Crippen molar-refractivity contribution in [1.29, 1.82) is 0 Å². The van der Waals surface area contributed by atoms with Gasteiger partial charge in [-0.2, -0.15) is 0 Å². The zero-order chi connectivity index (χ0) is 12.8. The lowest BCUT2D eigenvalue weighted by Gasteiger charge is -2.08. The summed E-state index contributed by atoms with van der Waals surface area (Å²) in [4.78, 5) is 3.95. The van der Waals surface area contributed by atoms with E-state index in [4.69, 9.17) is 16.3 Å². The molecule has 0 saturated heterocycles. The molecule has 2 aromatic rings. The lowest BCUT2D eigenvalue weighted by atomic mass is 10.3. The van der Waals surface area contributed by atoms with E-state index in [0.29, 0.717) is 23.9 Å². The van der Waals surface area contributed by atoms with Crippen molar-refractivity contribution in [3.8, 4) is 5.75 Å². The summed E-state index contributed by atoms with van der Waals surface area (Å²) in [7, 11) is 0. The van der Waals surface area contributed by atoms with Crippen LogP contribution in [0.5, 0.6) is 5.75 Å². The molecule has 2 rings (SSSR count). The van der Waals surface area contributed by atoms with E-state index in [1.165, 1.54) is 0 Å². The Hall–Kier alpha value is -1.26. The van der Waals surface area contributed by atoms with Gasteiger partial charge in [0.2, 0.25) is 0 Å². The van der Waals surface area contributed by atoms with Crippen LogP contribution in [0.2, 0.25) is 5.02 Å². The molecule has 94 valence electrons. The summed E-state index contributed by atoms with van der Waals surface area (Å²) in [6, 6.07) is 9.73. The van der Waals surface area contributed by atoms with Crippen molar-refractivity contribution in [2.75, 3.05) is 18.5 Å². The zero-order valence-corrected chi connectivity index (χ0v) is 11.9. The fourth-order valence-corrected chi connectivity index (χ4v) is 2.00. The van der Waals surface area contributed by atoms with E-state index in [1.54, 1.807) is 18.5 Å². The fourth-order valence-electron chi connectivity index (χ4n) is 1.43. The molecule has 0 saturated carbocycles. The second kappa shape index (κ2) is 6.61. The van der Waals surface area contributed by atoms with Crippen molar-refractivity contribution >= 4 is 33.2 Å². The third-order valence-corrected chi connectivity index (χ3v) is 2.90. The van der Waals surface area contributed by atoms with E-state index >= 15 is 0 Å². The van der Waals surface area contributed by atoms with E-state index in [2.05, 4.69) is 26.2 Å². The molecule has 1 heterocycles. The number of hydrogen-bond donors (Lipinski definition) is 1. The molecule has 0 fully saturated rings. The van der Waals surface area contributed by atoms with Gasteiger partial charge in [0.15, 0.2) is 0 Å². The topological polar surface area (TPSA) is 34.1 Å². The van der Waals surface area contributed by atoms with Crippen molar-refractivity contribution in [3.05, 3.63) is 52.2 Å². The first-order valence-electron chi connectivity index (χ1n) is 5.47. The third kappa shape index (κ3) is 4.20. The van der Waals surface area contributed by atoms with Gasteiger partial charge in [-0.3, -0.25) is 4.98 Å². The lowest BCUT2D eigenvalue weighted by molar-refractivity contribution is 0.331. The van der Waals surface area contributed by atoms with Gasteiger partial charge in [-0.1, -0.05) is 33.6 Å². The second-order valence-corrected chi connectivity index (χ2v) is 4.98. The smallest absolute Gasteiger partial charge is 0.139 e. The van der Waals surface area contributed by atoms with Crippen LogP contribution in [0.25, 0.3) is 0 Å². The van der Waals surface area contributed by atoms with Crippen LogP contribution in [-0.4, -0.2) is 18.1 Å². The minimum absolute atomic E-state index is 0.550. The largest absolute Gasteiger partial charge is 0.490 e. The van der Waals surface area contributed by atoms with Crippen LogP contribution < -0.4 is 10.1 Å². The summed E-state index contributed by atoms with van der Waals surface area (Å²) in [5.41, 5.74) is 1.05. The molecule has 1 aromatic heterocycles. The van der Waals surface area contributed by atoms with Crippen molar-refractivity contribution < 1.29 is 4.74 Å². The van der Waals surface area contributed by atoms with E-state index in [0.717, 1.165) is 10.2 Å². The Morgan fingerprint density at radius 1 is 1.28 bits per heavy atom. The van der Waals surface area contributed by atoms with Crippen LogP contribution in [0.15, 0.2) is 47.2 Å². The van der Waals surface area contributed by atoms with Gasteiger partial charge in [-0.25, -0.2) is 0 Å². The molecule has 1 aromatic carbocycles. The Morgan fingerprint density at radius 2 is 2.17 bits per heavy atom. The highest BCUT2D eigenvalue weighted by atomic mass is 79.9. The molecule has 0 aliphatic carbocycles. The molecular formula is C13H12BrClN2O. The Kier molecular flexibility index (Phi) is 4.84. The van der Waals surface area contributed by atoms with Crippen LogP contribution in [0, 0.1) is 0 Å². The summed E-state index contributed by atoms with van der Waals surface area (Å²) in [6.07, 6.45) is 3.22. The number of nitrogens with one attached hydrogen (secondary N) is 1. The number of ether oxygens (including phenoxy) is 1. The van der Waals surface area contributed by atoms with Crippen LogP contribution in [-0.2, 0) is 0 Å². The SMILES string of the molecule is Clc1cncc(OCCNc2cccc(Br)c2)c1.